The maximum atomic E-state index is 12.5. The predicted molar refractivity (Wildman–Crippen MR) is 110 cm³/mol. The number of hydrogen-bond donors (Lipinski definition) is 3. The van der Waals surface area contributed by atoms with Crippen LogP contribution in [0.15, 0.2) is 72.8 Å². The number of rotatable bonds is 4. The Morgan fingerprint density at radius 1 is 0.821 bits per heavy atom. The van der Waals surface area contributed by atoms with Gasteiger partial charge in [-0.2, -0.15) is 0 Å². The molecule has 28 heavy (non-hydrogen) atoms. The van der Waals surface area contributed by atoms with Crippen molar-refractivity contribution in [1.29, 1.82) is 0 Å². The molecule has 0 saturated heterocycles. The quantitative estimate of drug-likeness (QED) is 0.496. The van der Waals surface area contributed by atoms with E-state index >= 15 is 0 Å². The molecule has 4 rings (SSSR count). The zero-order valence-electron chi connectivity index (χ0n) is 15.2. The molecular formula is C22H18N4O2. The fourth-order valence-electron chi connectivity index (χ4n) is 2.91. The maximum Gasteiger partial charge on any atom is 0.255 e. The molecule has 1 aromatic heterocycles. The van der Waals surface area contributed by atoms with Gasteiger partial charge >= 0.3 is 0 Å². The van der Waals surface area contributed by atoms with Crippen LogP contribution in [-0.2, 0) is 4.79 Å². The summed E-state index contributed by atoms with van der Waals surface area (Å²) in [6.45, 7) is 1.45. The summed E-state index contributed by atoms with van der Waals surface area (Å²) in [7, 11) is 0. The first-order valence-electron chi connectivity index (χ1n) is 8.83. The minimum atomic E-state index is -0.205. The number of amides is 2. The summed E-state index contributed by atoms with van der Waals surface area (Å²) >= 11 is 0. The molecule has 0 saturated carbocycles. The number of para-hydroxylation sites is 2. The first-order chi connectivity index (χ1) is 13.6. The lowest BCUT2D eigenvalue weighted by Crippen LogP contribution is -2.12. The molecule has 0 aliphatic carbocycles. The third-order valence-electron chi connectivity index (χ3n) is 4.27. The molecule has 0 spiro atoms. The summed E-state index contributed by atoms with van der Waals surface area (Å²) in [6, 6.07) is 22.1. The van der Waals surface area contributed by atoms with Gasteiger partial charge in [0.05, 0.1) is 11.0 Å². The van der Waals surface area contributed by atoms with Crippen molar-refractivity contribution in [2.24, 2.45) is 0 Å². The van der Waals surface area contributed by atoms with E-state index in [-0.39, 0.29) is 11.8 Å². The van der Waals surface area contributed by atoms with E-state index in [0.29, 0.717) is 16.9 Å². The van der Waals surface area contributed by atoms with Crippen molar-refractivity contribution in [3.8, 4) is 11.4 Å². The van der Waals surface area contributed by atoms with Crippen molar-refractivity contribution >= 4 is 34.2 Å². The Labute approximate surface area is 161 Å². The largest absolute Gasteiger partial charge is 0.338 e. The fraction of sp³-hybridized carbons (Fsp3) is 0.0455. The number of aromatic amines is 1. The van der Waals surface area contributed by atoms with Gasteiger partial charge in [0.15, 0.2) is 0 Å². The number of fused-ring (bicyclic) bond motifs is 1. The topological polar surface area (TPSA) is 86.9 Å². The smallest absolute Gasteiger partial charge is 0.255 e. The number of carbonyl (C=O) groups excluding carboxylic acids is 2. The fourth-order valence-corrected chi connectivity index (χ4v) is 2.91. The van der Waals surface area contributed by atoms with Gasteiger partial charge in [-0.15, -0.1) is 0 Å². The molecule has 4 aromatic rings. The molecule has 0 aliphatic heterocycles. The second-order valence-electron chi connectivity index (χ2n) is 6.39. The minimum absolute atomic E-state index is 0.138. The molecule has 3 aromatic carbocycles. The van der Waals surface area contributed by atoms with Crippen LogP contribution in [0.25, 0.3) is 22.4 Å². The first kappa shape index (κ1) is 17.5. The van der Waals surface area contributed by atoms with Gasteiger partial charge in [0.2, 0.25) is 5.91 Å². The summed E-state index contributed by atoms with van der Waals surface area (Å²) in [5, 5.41) is 5.53. The molecule has 0 aliphatic rings. The van der Waals surface area contributed by atoms with Gasteiger partial charge in [0.1, 0.15) is 5.82 Å². The molecule has 6 heteroatoms. The number of hydrogen-bond acceptors (Lipinski definition) is 3. The molecule has 3 N–H and O–H groups in total. The van der Waals surface area contributed by atoms with Crippen LogP contribution >= 0.6 is 0 Å². The standard InChI is InChI=1S/C22H18N4O2/c1-14(27)23-17-10-12-18(13-11-17)24-22(28)16-8-6-15(7-9-16)21-25-19-4-2-3-5-20(19)26-21/h2-13H,1H3,(H,23,27)(H,24,28)(H,25,26). The van der Waals surface area contributed by atoms with Crippen molar-refractivity contribution < 1.29 is 9.59 Å². The second kappa shape index (κ2) is 7.36. The highest BCUT2D eigenvalue weighted by Gasteiger charge is 2.09. The van der Waals surface area contributed by atoms with Crippen LogP contribution in [0.1, 0.15) is 17.3 Å². The van der Waals surface area contributed by atoms with Crippen molar-refractivity contribution in [1.82, 2.24) is 9.97 Å². The van der Waals surface area contributed by atoms with Gasteiger partial charge in [-0.1, -0.05) is 24.3 Å². The molecular weight excluding hydrogens is 352 g/mol. The molecule has 1 heterocycles. The summed E-state index contributed by atoms with van der Waals surface area (Å²) < 4.78 is 0. The molecule has 0 bridgehead atoms. The van der Waals surface area contributed by atoms with Crippen LogP contribution in [0.4, 0.5) is 11.4 Å². The monoisotopic (exact) mass is 370 g/mol. The minimum Gasteiger partial charge on any atom is -0.338 e. The number of anilines is 2. The Morgan fingerprint density at radius 3 is 2.11 bits per heavy atom. The highest BCUT2D eigenvalue weighted by atomic mass is 16.2. The number of nitrogens with zero attached hydrogens (tertiary/aromatic N) is 1. The van der Waals surface area contributed by atoms with E-state index in [1.165, 1.54) is 6.92 Å². The lowest BCUT2D eigenvalue weighted by Gasteiger charge is -2.07. The van der Waals surface area contributed by atoms with Gasteiger partial charge in [-0.25, -0.2) is 4.98 Å². The van der Waals surface area contributed by atoms with Gasteiger partial charge in [-0.05, 0) is 48.5 Å². The van der Waals surface area contributed by atoms with Crippen LogP contribution in [0.2, 0.25) is 0 Å². The van der Waals surface area contributed by atoms with Crippen molar-refractivity contribution in [3.63, 3.8) is 0 Å². The van der Waals surface area contributed by atoms with Gasteiger partial charge in [0, 0.05) is 29.4 Å². The molecule has 0 atom stereocenters. The van der Waals surface area contributed by atoms with Crippen molar-refractivity contribution in [2.75, 3.05) is 10.6 Å². The number of carbonyl (C=O) groups is 2. The lowest BCUT2D eigenvalue weighted by atomic mass is 10.1. The summed E-state index contributed by atoms with van der Waals surface area (Å²) in [5.74, 6) is 0.423. The Morgan fingerprint density at radius 2 is 1.46 bits per heavy atom. The Bertz CT molecular complexity index is 1110. The van der Waals surface area contributed by atoms with Crippen LogP contribution < -0.4 is 10.6 Å². The highest BCUT2D eigenvalue weighted by molar-refractivity contribution is 6.04. The van der Waals surface area contributed by atoms with Gasteiger partial charge < -0.3 is 15.6 Å². The van der Waals surface area contributed by atoms with Crippen molar-refractivity contribution in [2.45, 2.75) is 6.92 Å². The third kappa shape index (κ3) is 3.76. The Balaban J connectivity index is 1.47. The molecule has 138 valence electrons. The molecule has 0 unspecified atom stereocenters. The lowest BCUT2D eigenvalue weighted by molar-refractivity contribution is -0.114. The van der Waals surface area contributed by atoms with Crippen LogP contribution in [0.3, 0.4) is 0 Å². The van der Waals surface area contributed by atoms with E-state index in [4.69, 9.17) is 0 Å². The number of nitrogens with one attached hydrogen (secondary N) is 3. The number of imidazole rings is 1. The number of H-pyrrole nitrogens is 1. The van der Waals surface area contributed by atoms with E-state index in [2.05, 4.69) is 20.6 Å². The van der Waals surface area contributed by atoms with Crippen LogP contribution in [0.5, 0.6) is 0 Å². The van der Waals surface area contributed by atoms with E-state index < -0.39 is 0 Å². The Hall–Kier alpha value is -3.93. The molecule has 0 fully saturated rings. The summed E-state index contributed by atoms with van der Waals surface area (Å²) in [4.78, 5) is 31.4. The SMILES string of the molecule is CC(=O)Nc1ccc(NC(=O)c2ccc(-c3nc4ccccc4[nH]3)cc2)cc1. The van der Waals surface area contributed by atoms with Crippen LogP contribution in [-0.4, -0.2) is 21.8 Å². The zero-order chi connectivity index (χ0) is 19.5. The van der Waals surface area contributed by atoms with E-state index in [9.17, 15) is 9.59 Å². The third-order valence-corrected chi connectivity index (χ3v) is 4.27. The highest BCUT2D eigenvalue weighted by Crippen LogP contribution is 2.21. The van der Waals surface area contributed by atoms with Crippen molar-refractivity contribution in [3.05, 3.63) is 78.4 Å². The van der Waals surface area contributed by atoms with Crippen LogP contribution in [0, 0.1) is 0 Å². The normalized spacial score (nSPS) is 10.6. The molecule has 6 nitrogen and oxygen atoms in total. The number of aromatic nitrogens is 2. The predicted octanol–water partition coefficient (Wildman–Crippen LogP) is 4.44. The average molecular weight is 370 g/mol. The van der Waals surface area contributed by atoms with E-state index in [1.54, 1.807) is 36.4 Å². The summed E-state index contributed by atoms with van der Waals surface area (Å²) in [5.41, 5.74) is 4.67. The Kier molecular flexibility index (Phi) is 4.60. The average Bonchev–Trinajstić information content (AvgIpc) is 3.13. The van der Waals surface area contributed by atoms with Gasteiger partial charge in [0.25, 0.3) is 5.91 Å². The first-order valence-corrected chi connectivity index (χ1v) is 8.83. The molecule has 0 radical (unpaired) electrons. The summed E-state index contributed by atoms with van der Waals surface area (Å²) in [6.07, 6.45) is 0. The maximum absolute atomic E-state index is 12.5. The van der Waals surface area contributed by atoms with E-state index in [1.807, 2.05) is 36.4 Å². The number of benzene rings is 3. The zero-order valence-corrected chi connectivity index (χ0v) is 15.2. The van der Waals surface area contributed by atoms with E-state index in [0.717, 1.165) is 22.4 Å². The van der Waals surface area contributed by atoms with Gasteiger partial charge in [-0.3, -0.25) is 9.59 Å². The second-order valence-corrected chi connectivity index (χ2v) is 6.39. The molecule has 2 amide bonds.